The Morgan fingerprint density at radius 3 is 2.39 bits per heavy atom. The van der Waals surface area contributed by atoms with E-state index in [2.05, 4.69) is 10.3 Å². The van der Waals surface area contributed by atoms with E-state index in [1.54, 1.807) is 0 Å². The van der Waals surface area contributed by atoms with Crippen molar-refractivity contribution in [2.75, 3.05) is 6.54 Å². The number of carbonyl (C=O) groups is 3. The fourth-order valence-electron chi connectivity index (χ4n) is 2.53. The predicted molar refractivity (Wildman–Crippen MR) is 88.5 cm³/mol. The van der Waals surface area contributed by atoms with E-state index in [1.807, 2.05) is 37.3 Å². The Labute approximate surface area is 139 Å². The van der Waals surface area contributed by atoms with Crippen molar-refractivity contribution >= 4 is 28.5 Å². The van der Waals surface area contributed by atoms with Crippen LogP contribution in [0.1, 0.15) is 28.7 Å². The molecule has 120 valence electrons. The van der Waals surface area contributed by atoms with Crippen LogP contribution in [0.25, 0.3) is 11.1 Å². The molecule has 0 spiro atoms. The Balaban J connectivity index is 2.50. The highest BCUT2D eigenvalue weighted by molar-refractivity contribution is 6.83. The van der Waals surface area contributed by atoms with Gasteiger partial charge in [-0.05, 0) is 36.1 Å². The van der Waals surface area contributed by atoms with E-state index in [0.717, 1.165) is 16.8 Å². The van der Waals surface area contributed by atoms with Crippen molar-refractivity contribution in [3.05, 3.63) is 47.3 Å². The molecule has 2 N–H and O–H groups in total. The normalized spacial score (nSPS) is 10.4. The molecule has 0 aliphatic carbocycles. The van der Waals surface area contributed by atoms with E-state index in [1.165, 1.54) is 6.92 Å². The van der Waals surface area contributed by atoms with Gasteiger partial charge in [-0.3, -0.25) is 14.4 Å². The maximum atomic E-state index is 12.1. The molecule has 0 atom stereocenters. The fraction of sp³-hybridized carbons (Fsp3) is 0.235. The van der Waals surface area contributed by atoms with Crippen LogP contribution in [0.5, 0.6) is 0 Å². The topological polar surface area (TPSA) is 79.0 Å². The second-order valence-corrected chi connectivity index (χ2v) is 5.52. The average molecular weight is 333 g/mol. The first-order valence-electron chi connectivity index (χ1n) is 7.17. The van der Waals surface area contributed by atoms with Crippen LogP contribution in [0.3, 0.4) is 0 Å². The zero-order valence-corrected chi connectivity index (χ0v) is 13.7. The van der Waals surface area contributed by atoms with Crippen LogP contribution in [-0.2, 0) is 16.0 Å². The summed E-state index contributed by atoms with van der Waals surface area (Å²) in [5.41, 5.74) is 3.32. The monoisotopic (exact) mass is 332 g/mol. The molecule has 0 unspecified atom stereocenters. The highest BCUT2D eigenvalue weighted by Gasteiger charge is 2.24. The van der Waals surface area contributed by atoms with Crippen molar-refractivity contribution in [1.82, 2.24) is 10.3 Å². The van der Waals surface area contributed by atoms with Gasteiger partial charge in [-0.15, -0.1) is 0 Å². The summed E-state index contributed by atoms with van der Waals surface area (Å²) >= 11 is 5.36. The lowest BCUT2D eigenvalue weighted by Crippen LogP contribution is -2.22. The molecule has 0 saturated carbocycles. The molecular weight excluding hydrogens is 316 g/mol. The Bertz CT molecular complexity index is 751. The van der Waals surface area contributed by atoms with Gasteiger partial charge in [-0.25, -0.2) is 0 Å². The Hall–Kier alpha value is -2.40. The minimum absolute atomic E-state index is 0.119. The number of aromatic amines is 1. The lowest BCUT2D eigenvalue weighted by atomic mass is 9.97. The maximum absolute atomic E-state index is 12.1. The molecule has 2 rings (SSSR count). The number of H-pyrrole nitrogens is 1. The van der Waals surface area contributed by atoms with Gasteiger partial charge >= 0.3 is 0 Å². The van der Waals surface area contributed by atoms with Gasteiger partial charge in [0.25, 0.3) is 11.0 Å². The third-order valence-electron chi connectivity index (χ3n) is 3.53. The molecule has 1 amide bonds. The van der Waals surface area contributed by atoms with Gasteiger partial charge in [-0.2, -0.15) is 0 Å². The van der Waals surface area contributed by atoms with E-state index in [9.17, 15) is 14.4 Å². The molecule has 0 saturated heterocycles. The van der Waals surface area contributed by atoms with Crippen molar-refractivity contribution in [2.24, 2.45) is 0 Å². The van der Waals surface area contributed by atoms with Crippen LogP contribution in [-0.4, -0.2) is 28.5 Å². The molecule has 1 aromatic carbocycles. The summed E-state index contributed by atoms with van der Waals surface area (Å²) in [6, 6.07) is 9.30. The third kappa shape index (κ3) is 3.87. The zero-order chi connectivity index (χ0) is 17.0. The van der Waals surface area contributed by atoms with Crippen molar-refractivity contribution in [3.8, 4) is 11.1 Å². The van der Waals surface area contributed by atoms with Crippen molar-refractivity contribution < 1.29 is 14.4 Å². The number of rotatable bonds is 6. The van der Waals surface area contributed by atoms with Crippen LogP contribution < -0.4 is 5.32 Å². The van der Waals surface area contributed by atoms with Crippen molar-refractivity contribution in [1.29, 1.82) is 0 Å². The molecule has 1 aromatic heterocycles. The molecule has 23 heavy (non-hydrogen) atoms. The second kappa shape index (κ2) is 7.24. The SMILES string of the molecule is CC(=O)NCCc1c(C)[nH]c(C(=O)C(=O)Cl)c1-c1ccccc1. The van der Waals surface area contributed by atoms with Crippen LogP contribution >= 0.6 is 11.6 Å². The third-order valence-corrected chi connectivity index (χ3v) is 3.71. The maximum Gasteiger partial charge on any atom is 0.294 e. The van der Waals surface area contributed by atoms with Gasteiger partial charge in [0, 0.05) is 24.7 Å². The average Bonchev–Trinajstić information content (AvgIpc) is 2.84. The number of Topliss-reactive ketones (excluding diaryl/α,β-unsaturated/α-hetero) is 1. The van der Waals surface area contributed by atoms with Gasteiger partial charge < -0.3 is 10.3 Å². The summed E-state index contributed by atoms with van der Waals surface area (Å²) < 4.78 is 0. The van der Waals surface area contributed by atoms with Gasteiger partial charge in [0.1, 0.15) is 0 Å². The molecule has 2 aromatic rings. The first-order chi connectivity index (χ1) is 10.9. The summed E-state index contributed by atoms with van der Waals surface area (Å²) in [4.78, 5) is 37.4. The summed E-state index contributed by atoms with van der Waals surface area (Å²) in [6.45, 7) is 3.71. The number of aromatic nitrogens is 1. The van der Waals surface area contributed by atoms with Gasteiger partial charge in [-0.1, -0.05) is 30.3 Å². The Kier molecular flexibility index (Phi) is 5.34. The second-order valence-electron chi connectivity index (χ2n) is 5.18. The van der Waals surface area contributed by atoms with E-state index in [-0.39, 0.29) is 11.6 Å². The summed E-state index contributed by atoms with van der Waals surface area (Å²) in [5, 5.41) is 1.70. The van der Waals surface area contributed by atoms with Gasteiger partial charge in [0.2, 0.25) is 5.91 Å². The Morgan fingerprint density at radius 1 is 1.17 bits per heavy atom. The standard InChI is InChI=1S/C17H17ClN2O3/c1-10-13(8-9-19-11(2)21)14(12-6-4-3-5-7-12)15(20-10)16(22)17(18)23/h3-7,20H,8-9H2,1-2H3,(H,19,21). The van der Waals surface area contributed by atoms with Crippen LogP contribution in [0.15, 0.2) is 30.3 Å². The lowest BCUT2D eigenvalue weighted by Gasteiger charge is -2.08. The largest absolute Gasteiger partial charge is 0.356 e. The highest BCUT2D eigenvalue weighted by atomic mass is 35.5. The number of benzene rings is 1. The van der Waals surface area contributed by atoms with E-state index in [0.29, 0.717) is 18.5 Å². The molecule has 0 bridgehead atoms. The molecule has 0 aliphatic heterocycles. The number of amides is 1. The first kappa shape index (κ1) is 17.0. The quantitative estimate of drug-likeness (QED) is 0.485. The van der Waals surface area contributed by atoms with E-state index in [4.69, 9.17) is 11.6 Å². The van der Waals surface area contributed by atoms with Crippen molar-refractivity contribution in [3.63, 3.8) is 0 Å². The molecule has 0 aliphatic rings. The van der Waals surface area contributed by atoms with E-state index >= 15 is 0 Å². The summed E-state index contributed by atoms with van der Waals surface area (Å²) in [6.07, 6.45) is 0.538. The number of hydrogen-bond acceptors (Lipinski definition) is 3. The van der Waals surface area contributed by atoms with Crippen LogP contribution in [0.4, 0.5) is 0 Å². The molecule has 0 fully saturated rings. The van der Waals surface area contributed by atoms with Crippen LogP contribution in [0.2, 0.25) is 0 Å². The number of ketones is 1. The number of aryl methyl sites for hydroxylation is 1. The van der Waals surface area contributed by atoms with Crippen molar-refractivity contribution in [2.45, 2.75) is 20.3 Å². The van der Waals surface area contributed by atoms with Crippen LogP contribution in [0, 0.1) is 6.92 Å². The number of nitrogens with one attached hydrogen (secondary N) is 2. The van der Waals surface area contributed by atoms with Gasteiger partial charge in [0.05, 0.1) is 5.69 Å². The fourth-order valence-corrected chi connectivity index (χ4v) is 2.63. The summed E-state index contributed by atoms with van der Waals surface area (Å²) in [7, 11) is 0. The lowest BCUT2D eigenvalue weighted by molar-refractivity contribution is -0.118. The molecule has 0 radical (unpaired) electrons. The van der Waals surface area contributed by atoms with E-state index < -0.39 is 11.0 Å². The predicted octanol–water partition coefficient (Wildman–Crippen LogP) is 2.62. The smallest absolute Gasteiger partial charge is 0.294 e. The molecule has 1 heterocycles. The zero-order valence-electron chi connectivity index (χ0n) is 12.9. The first-order valence-corrected chi connectivity index (χ1v) is 7.55. The molecule has 6 heteroatoms. The number of halogens is 1. The minimum atomic E-state index is -1.03. The summed E-state index contributed by atoms with van der Waals surface area (Å²) in [5.74, 6) is -0.883. The molecular formula is C17H17ClN2O3. The van der Waals surface area contributed by atoms with Gasteiger partial charge in [0.15, 0.2) is 0 Å². The minimum Gasteiger partial charge on any atom is -0.356 e. The number of carbonyl (C=O) groups excluding carboxylic acids is 3. The molecule has 5 nitrogen and oxygen atoms in total. The Morgan fingerprint density at radius 2 is 1.83 bits per heavy atom. The highest BCUT2D eigenvalue weighted by Crippen LogP contribution is 2.31. The number of hydrogen-bond donors (Lipinski definition) is 2.